The summed E-state index contributed by atoms with van der Waals surface area (Å²) in [7, 11) is 0. The molecule has 104 valence electrons. The van der Waals surface area contributed by atoms with Gasteiger partial charge in [-0.2, -0.15) is 0 Å². The third kappa shape index (κ3) is 3.48. The zero-order chi connectivity index (χ0) is 14.5. The first-order chi connectivity index (χ1) is 9.54. The first-order valence-corrected chi connectivity index (χ1v) is 5.50. The Morgan fingerprint density at radius 2 is 1.95 bits per heavy atom. The monoisotopic (exact) mass is 279 g/mol. The van der Waals surface area contributed by atoms with E-state index in [9.17, 15) is 20.2 Å². The largest absolute Gasteiger partial charge is 0.482 e. The van der Waals surface area contributed by atoms with Gasteiger partial charge in [0, 0.05) is 18.6 Å². The Kier molecular flexibility index (Phi) is 3.84. The fourth-order valence-electron chi connectivity index (χ4n) is 1.53. The van der Waals surface area contributed by atoms with Crippen molar-refractivity contribution in [2.75, 3.05) is 0 Å². The summed E-state index contributed by atoms with van der Waals surface area (Å²) in [5.41, 5.74) is 0.701. The van der Waals surface area contributed by atoms with Crippen LogP contribution in [0.4, 0.5) is 5.69 Å². The number of nitrogens with zero attached hydrogens (tertiary/aromatic N) is 5. The third-order valence-electron chi connectivity index (χ3n) is 2.46. The molecule has 10 nitrogen and oxygen atoms in total. The lowest BCUT2D eigenvalue weighted by atomic mass is 10.1. The van der Waals surface area contributed by atoms with E-state index >= 15 is 0 Å². The highest BCUT2D eigenvalue weighted by molar-refractivity contribution is 5.32. The van der Waals surface area contributed by atoms with Crippen molar-refractivity contribution < 1.29 is 19.2 Å². The molecule has 10 heteroatoms. The van der Waals surface area contributed by atoms with Crippen molar-refractivity contribution in [2.45, 2.75) is 13.0 Å². The minimum atomic E-state index is -0.874. The molecule has 20 heavy (non-hydrogen) atoms. The smallest absolute Gasteiger partial charge is 0.343 e. The Balaban J connectivity index is 2.00. The van der Waals surface area contributed by atoms with Crippen LogP contribution in [0.25, 0.3) is 0 Å². The second-order valence-electron chi connectivity index (χ2n) is 3.81. The molecule has 0 aliphatic heterocycles. The van der Waals surface area contributed by atoms with Crippen LogP contribution in [0.15, 0.2) is 40.1 Å². The molecular weight excluding hydrogens is 270 g/mol. The number of aromatic nitrogens is 2. The molecular formula is C10H9N5O5. The molecule has 1 aromatic carbocycles. The fourth-order valence-corrected chi connectivity index (χ4v) is 1.53. The lowest BCUT2D eigenvalue weighted by Gasteiger charge is -1.99. The standard InChI is InChI=1S/C10H9N5O5/c16-14(17)9-3-1-8(2-4-9)5-6-13-7-10(20-12-13)11-15(18)19/h1-4,7H,5-6H2/b11-10-. The Bertz CT molecular complexity index is 687. The van der Waals surface area contributed by atoms with Gasteiger partial charge in [-0.1, -0.05) is 12.1 Å². The van der Waals surface area contributed by atoms with Gasteiger partial charge in [-0.25, -0.2) is 14.8 Å². The van der Waals surface area contributed by atoms with E-state index in [2.05, 4.69) is 14.9 Å². The normalized spacial score (nSPS) is 11.5. The van der Waals surface area contributed by atoms with E-state index in [-0.39, 0.29) is 11.2 Å². The zero-order valence-corrected chi connectivity index (χ0v) is 10.1. The summed E-state index contributed by atoms with van der Waals surface area (Å²) in [4.78, 5) is 20.2. The summed E-state index contributed by atoms with van der Waals surface area (Å²) in [6.07, 6.45) is 1.85. The van der Waals surface area contributed by atoms with Crippen LogP contribution in [0.1, 0.15) is 5.56 Å². The second-order valence-corrected chi connectivity index (χ2v) is 3.81. The molecule has 0 amide bonds. The Labute approximate surface area is 111 Å². The van der Waals surface area contributed by atoms with Gasteiger partial charge < -0.3 is 4.52 Å². The fraction of sp³-hybridized carbons (Fsp3) is 0.200. The van der Waals surface area contributed by atoms with E-state index in [1.54, 1.807) is 12.1 Å². The molecule has 2 rings (SSSR count). The Morgan fingerprint density at radius 3 is 2.55 bits per heavy atom. The van der Waals surface area contributed by atoms with Crippen LogP contribution in [0.2, 0.25) is 0 Å². The van der Waals surface area contributed by atoms with Crippen LogP contribution in [0.5, 0.6) is 0 Å². The quantitative estimate of drug-likeness (QED) is 0.422. The van der Waals surface area contributed by atoms with Crippen LogP contribution in [0.3, 0.4) is 0 Å². The van der Waals surface area contributed by atoms with E-state index in [0.29, 0.717) is 13.0 Å². The molecule has 0 radical (unpaired) electrons. The van der Waals surface area contributed by atoms with E-state index in [1.807, 2.05) is 0 Å². The van der Waals surface area contributed by atoms with Gasteiger partial charge in [0.1, 0.15) is 11.6 Å². The molecule has 0 atom stereocenters. The molecule has 0 spiro atoms. The van der Waals surface area contributed by atoms with E-state index in [0.717, 1.165) is 5.56 Å². The number of nitro benzene ring substituents is 1. The molecule has 0 N–H and O–H groups in total. The lowest BCUT2D eigenvalue weighted by Crippen LogP contribution is -2.38. The highest BCUT2D eigenvalue weighted by Gasteiger charge is 2.05. The van der Waals surface area contributed by atoms with Gasteiger partial charge in [-0.05, 0) is 5.56 Å². The molecule has 0 fully saturated rings. The maximum atomic E-state index is 10.5. The molecule has 0 aliphatic carbocycles. The molecule has 0 saturated carbocycles. The number of benzene rings is 1. The molecule has 0 saturated heterocycles. The average molecular weight is 279 g/mol. The number of nitro groups is 2. The summed E-state index contributed by atoms with van der Waals surface area (Å²) in [5, 5.41) is 26.3. The van der Waals surface area contributed by atoms with E-state index < -0.39 is 9.96 Å². The van der Waals surface area contributed by atoms with Crippen molar-refractivity contribution in [3.63, 3.8) is 0 Å². The van der Waals surface area contributed by atoms with Crippen LogP contribution < -0.4 is 15.5 Å². The predicted molar refractivity (Wildman–Crippen MR) is 61.6 cm³/mol. The van der Waals surface area contributed by atoms with Crippen molar-refractivity contribution in [3.8, 4) is 0 Å². The average Bonchev–Trinajstić information content (AvgIpc) is 2.83. The maximum absolute atomic E-state index is 10.5. The van der Waals surface area contributed by atoms with Gasteiger partial charge in [-0.15, -0.1) is 0 Å². The predicted octanol–water partition coefficient (Wildman–Crippen LogP) is -0.232. The topological polar surface area (TPSA) is 130 Å². The summed E-state index contributed by atoms with van der Waals surface area (Å²) < 4.78 is 5.99. The summed E-state index contributed by atoms with van der Waals surface area (Å²) in [6.45, 7) is 0.411. The molecule has 0 aliphatic rings. The van der Waals surface area contributed by atoms with Crippen molar-refractivity contribution in [1.82, 2.24) is 5.27 Å². The second kappa shape index (κ2) is 5.73. The van der Waals surface area contributed by atoms with Gasteiger partial charge in [0.15, 0.2) is 5.03 Å². The number of non-ortho nitro benzene ring substituents is 1. The SMILES string of the molecule is O=[N+]([O-])/N=c1/c[n+](CCc2ccc([N+](=O)[O-])cc2)[n-]o1. The first-order valence-electron chi connectivity index (χ1n) is 5.50. The Morgan fingerprint density at radius 1 is 1.25 bits per heavy atom. The van der Waals surface area contributed by atoms with E-state index in [1.165, 1.54) is 23.0 Å². The van der Waals surface area contributed by atoms with Crippen LogP contribution in [0, 0.1) is 20.2 Å². The van der Waals surface area contributed by atoms with Gasteiger partial charge >= 0.3 is 5.55 Å². The first kappa shape index (κ1) is 13.4. The Hall–Kier alpha value is -3.04. The molecule has 2 aromatic rings. The highest BCUT2D eigenvalue weighted by atomic mass is 16.7. The van der Waals surface area contributed by atoms with Gasteiger partial charge in [0.2, 0.25) is 6.20 Å². The number of hydrogen-bond acceptors (Lipinski definition) is 5. The zero-order valence-electron chi connectivity index (χ0n) is 10.1. The highest BCUT2D eigenvalue weighted by Crippen LogP contribution is 2.11. The van der Waals surface area contributed by atoms with Crippen LogP contribution >= 0.6 is 0 Å². The summed E-state index contributed by atoms with van der Waals surface area (Å²) in [6, 6.07) is 6.11. The van der Waals surface area contributed by atoms with Crippen molar-refractivity contribution >= 4 is 5.69 Å². The molecule has 1 heterocycles. The molecule has 0 bridgehead atoms. The van der Waals surface area contributed by atoms with E-state index in [4.69, 9.17) is 0 Å². The number of rotatable bonds is 5. The maximum Gasteiger partial charge on any atom is 0.343 e. The minimum Gasteiger partial charge on any atom is -0.482 e. The summed E-state index contributed by atoms with van der Waals surface area (Å²) >= 11 is 0. The van der Waals surface area contributed by atoms with Gasteiger partial charge in [0.25, 0.3) is 5.69 Å². The van der Waals surface area contributed by atoms with Gasteiger partial charge in [0.05, 0.1) is 4.92 Å². The van der Waals surface area contributed by atoms with Crippen molar-refractivity contribution in [1.29, 1.82) is 0 Å². The lowest BCUT2D eigenvalue weighted by molar-refractivity contribution is -0.767. The third-order valence-corrected chi connectivity index (χ3v) is 2.46. The van der Waals surface area contributed by atoms with Crippen molar-refractivity contribution in [2.24, 2.45) is 5.10 Å². The van der Waals surface area contributed by atoms with Crippen LogP contribution in [-0.4, -0.2) is 9.96 Å². The minimum absolute atomic E-state index is 0.0231. The van der Waals surface area contributed by atoms with Crippen molar-refractivity contribution in [3.05, 3.63) is 61.8 Å². The number of aryl methyl sites for hydroxylation is 2. The molecule has 1 aromatic heterocycles. The van der Waals surface area contributed by atoms with Gasteiger partial charge in [-0.3, -0.25) is 15.4 Å². The number of hydrogen-bond donors (Lipinski definition) is 0. The molecule has 0 unspecified atom stereocenters. The van der Waals surface area contributed by atoms with Crippen LogP contribution in [-0.2, 0) is 13.0 Å². The summed E-state index contributed by atoms with van der Waals surface area (Å²) in [5.74, 6) is 0.